The van der Waals surface area contributed by atoms with Crippen molar-refractivity contribution in [2.75, 3.05) is 0 Å². The van der Waals surface area contributed by atoms with Crippen molar-refractivity contribution >= 4 is 17.4 Å². The van der Waals surface area contributed by atoms with Gasteiger partial charge in [0.1, 0.15) is 0 Å². The van der Waals surface area contributed by atoms with E-state index in [1.165, 1.54) is 6.92 Å². The highest BCUT2D eigenvalue weighted by Crippen LogP contribution is 2.38. The number of nitrogens with zero attached hydrogens (tertiary/aromatic N) is 1. The molecule has 1 aromatic rings. The fourth-order valence-corrected chi connectivity index (χ4v) is 2.23. The lowest BCUT2D eigenvalue weighted by molar-refractivity contribution is -0.388. The van der Waals surface area contributed by atoms with E-state index in [1.807, 2.05) is 0 Å². The zero-order valence-electron chi connectivity index (χ0n) is 10.1. The van der Waals surface area contributed by atoms with Crippen LogP contribution < -0.4 is 0 Å². The largest absolute Gasteiger partial charge is 0.416 e. The Kier molecular flexibility index (Phi) is 4.81. The molecule has 8 heteroatoms. The van der Waals surface area contributed by atoms with Gasteiger partial charge in [-0.1, -0.05) is 6.92 Å². The maximum Gasteiger partial charge on any atom is 0.416 e. The number of rotatable bonds is 4. The lowest BCUT2D eigenvalue weighted by Crippen LogP contribution is -2.15. The summed E-state index contributed by atoms with van der Waals surface area (Å²) in [5, 5.41) is 19.8. The van der Waals surface area contributed by atoms with Crippen LogP contribution in [0.25, 0.3) is 0 Å². The Morgan fingerprint density at radius 1 is 1.37 bits per heavy atom. The SMILES string of the molecule is CC(O)C(C)Sc1ccc(C(F)(F)F)cc1[N+](=O)[O-]. The van der Waals surface area contributed by atoms with Gasteiger partial charge in [-0.2, -0.15) is 13.2 Å². The van der Waals surface area contributed by atoms with Gasteiger partial charge in [0.05, 0.1) is 21.5 Å². The molecule has 0 aliphatic carbocycles. The molecule has 0 saturated heterocycles. The highest BCUT2D eigenvalue weighted by atomic mass is 32.2. The summed E-state index contributed by atoms with van der Waals surface area (Å²) >= 11 is 0.967. The minimum absolute atomic E-state index is 0.103. The number of thioether (sulfide) groups is 1. The molecule has 0 saturated carbocycles. The third-order valence-corrected chi connectivity index (χ3v) is 3.84. The quantitative estimate of drug-likeness (QED) is 0.525. The number of hydrogen-bond acceptors (Lipinski definition) is 4. The number of halogens is 3. The van der Waals surface area contributed by atoms with Crippen molar-refractivity contribution in [1.29, 1.82) is 0 Å². The second-order valence-electron chi connectivity index (χ2n) is 4.00. The number of nitro benzene ring substituents is 1. The maximum absolute atomic E-state index is 12.5. The first-order valence-electron chi connectivity index (χ1n) is 5.33. The van der Waals surface area contributed by atoms with Crippen LogP contribution in [0.4, 0.5) is 18.9 Å². The maximum atomic E-state index is 12.5. The van der Waals surface area contributed by atoms with Crippen LogP contribution in [0.2, 0.25) is 0 Å². The molecule has 4 nitrogen and oxygen atoms in total. The van der Waals surface area contributed by atoms with Crippen molar-refractivity contribution in [3.8, 4) is 0 Å². The zero-order chi connectivity index (χ0) is 14.8. The molecule has 1 N–H and O–H groups in total. The lowest BCUT2D eigenvalue weighted by Gasteiger charge is -2.14. The van der Waals surface area contributed by atoms with E-state index in [2.05, 4.69) is 0 Å². The van der Waals surface area contributed by atoms with Crippen molar-refractivity contribution in [1.82, 2.24) is 0 Å². The van der Waals surface area contributed by atoms with Crippen LogP contribution in [0, 0.1) is 10.1 Å². The van der Waals surface area contributed by atoms with Crippen LogP contribution in [0.3, 0.4) is 0 Å². The molecule has 0 amide bonds. The van der Waals surface area contributed by atoms with E-state index in [0.29, 0.717) is 6.07 Å². The predicted octanol–water partition coefficient (Wildman–Crippen LogP) is 3.48. The van der Waals surface area contributed by atoms with E-state index in [0.717, 1.165) is 23.9 Å². The molecular formula is C11H12F3NO3S. The minimum Gasteiger partial charge on any atom is -0.392 e. The molecule has 0 heterocycles. The molecule has 19 heavy (non-hydrogen) atoms. The van der Waals surface area contributed by atoms with Gasteiger partial charge in [-0.15, -0.1) is 11.8 Å². The molecule has 1 aromatic carbocycles. The number of benzene rings is 1. The molecule has 2 atom stereocenters. The van der Waals surface area contributed by atoms with E-state index in [1.54, 1.807) is 6.92 Å². The van der Waals surface area contributed by atoms with Crippen molar-refractivity contribution < 1.29 is 23.2 Å². The summed E-state index contributed by atoms with van der Waals surface area (Å²) in [6.45, 7) is 3.14. The molecule has 0 aromatic heterocycles. The smallest absolute Gasteiger partial charge is 0.392 e. The summed E-state index contributed by atoms with van der Waals surface area (Å²) in [6, 6.07) is 2.37. The molecule has 0 bridgehead atoms. The van der Waals surface area contributed by atoms with Gasteiger partial charge in [0.25, 0.3) is 5.69 Å². The highest BCUT2D eigenvalue weighted by Gasteiger charge is 2.33. The predicted molar refractivity (Wildman–Crippen MR) is 65.1 cm³/mol. The Morgan fingerprint density at radius 2 is 1.95 bits per heavy atom. The van der Waals surface area contributed by atoms with Crippen molar-refractivity contribution in [3.05, 3.63) is 33.9 Å². The molecule has 0 spiro atoms. The van der Waals surface area contributed by atoms with Gasteiger partial charge in [0.15, 0.2) is 0 Å². The van der Waals surface area contributed by atoms with Crippen molar-refractivity contribution in [2.45, 2.75) is 36.3 Å². The van der Waals surface area contributed by atoms with Crippen LogP contribution in [0.15, 0.2) is 23.1 Å². The molecule has 0 radical (unpaired) electrons. The van der Waals surface area contributed by atoms with Crippen molar-refractivity contribution in [3.63, 3.8) is 0 Å². The van der Waals surface area contributed by atoms with Crippen LogP contribution in [0.1, 0.15) is 19.4 Å². The van der Waals surface area contributed by atoms with Gasteiger partial charge in [0, 0.05) is 11.3 Å². The van der Waals surface area contributed by atoms with E-state index in [-0.39, 0.29) is 10.1 Å². The van der Waals surface area contributed by atoms with E-state index < -0.39 is 28.5 Å². The van der Waals surface area contributed by atoms with Gasteiger partial charge in [-0.25, -0.2) is 0 Å². The minimum atomic E-state index is -4.62. The fourth-order valence-electron chi connectivity index (χ4n) is 1.23. The first-order chi connectivity index (χ1) is 8.62. The van der Waals surface area contributed by atoms with E-state index in [4.69, 9.17) is 0 Å². The number of nitro groups is 1. The number of aliphatic hydroxyl groups excluding tert-OH is 1. The normalized spacial score (nSPS) is 15.1. The average Bonchev–Trinajstić information content (AvgIpc) is 2.27. The van der Waals surface area contributed by atoms with Crippen molar-refractivity contribution in [2.24, 2.45) is 0 Å². The third-order valence-electron chi connectivity index (χ3n) is 2.48. The van der Waals surface area contributed by atoms with Gasteiger partial charge < -0.3 is 5.11 Å². The Morgan fingerprint density at radius 3 is 2.37 bits per heavy atom. The summed E-state index contributed by atoms with van der Waals surface area (Å²) < 4.78 is 37.5. The van der Waals surface area contributed by atoms with E-state index in [9.17, 15) is 28.4 Å². The molecule has 0 aliphatic heterocycles. The first-order valence-corrected chi connectivity index (χ1v) is 6.21. The third kappa shape index (κ3) is 4.10. The second kappa shape index (κ2) is 5.79. The van der Waals surface area contributed by atoms with Gasteiger partial charge in [-0.3, -0.25) is 10.1 Å². The van der Waals surface area contributed by atoms with E-state index >= 15 is 0 Å². The molecule has 106 valence electrons. The fraction of sp³-hybridized carbons (Fsp3) is 0.455. The number of alkyl halides is 3. The van der Waals surface area contributed by atoms with Gasteiger partial charge >= 0.3 is 6.18 Å². The Hall–Kier alpha value is -1.28. The van der Waals surface area contributed by atoms with Crippen LogP contribution in [-0.4, -0.2) is 21.4 Å². The van der Waals surface area contributed by atoms with Gasteiger partial charge in [-0.05, 0) is 19.1 Å². The van der Waals surface area contributed by atoms with Crippen LogP contribution in [0.5, 0.6) is 0 Å². The molecular weight excluding hydrogens is 283 g/mol. The molecule has 0 fully saturated rings. The summed E-state index contributed by atoms with van der Waals surface area (Å²) in [5.41, 5.74) is -1.67. The first kappa shape index (κ1) is 15.8. The second-order valence-corrected chi connectivity index (χ2v) is 5.42. The Labute approximate surface area is 111 Å². The Bertz CT molecular complexity index is 477. The molecule has 0 aliphatic rings. The van der Waals surface area contributed by atoms with Crippen LogP contribution in [-0.2, 0) is 6.18 Å². The summed E-state index contributed by atoms with van der Waals surface area (Å²) in [6.07, 6.45) is -5.35. The highest BCUT2D eigenvalue weighted by molar-refractivity contribution is 8.00. The van der Waals surface area contributed by atoms with Crippen LogP contribution >= 0.6 is 11.8 Å². The summed E-state index contributed by atoms with van der Waals surface area (Å²) in [5.74, 6) is 0. The zero-order valence-corrected chi connectivity index (χ0v) is 11.0. The monoisotopic (exact) mass is 295 g/mol. The summed E-state index contributed by atoms with van der Waals surface area (Å²) in [4.78, 5) is 10.1. The number of aliphatic hydroxyl groups is 1. The lowest BCUT2D eigenvalue weighted by atomic mass is 10.2. The number of hydrogen-bond donors (Lipinski definition) is 1. The molecule has 1 rings (SSSR count). The standard InChI is InChI=1S/C11H12F3NO3S/c1-6(16)7(2)19-10-4-3-8(11(12,13)14)5-9(10)15(17)18/h3-7,16H,1-2H3. The summed E-state index contributed by atoms with van der Waals surface area (Å²) in [7, 11) is 0. The Balaban J connectivity index is 3.16. The topological polar surface area (TPSA) is 63.4 Å². The molecule has 2 unspecified atom stereocenters. The average molecular weight is 295 g/mol. The van der Waals surface area contributed by atoms with Gasteiger partial charge in [0.2, 0.25) is 0 Å².